The van der Waals surface area contributed by atoms with Crippen LogP contribution in [0.4, 0.5) is 5.69 Å². The number of benzene rings is 1. The molecule has 0 aliphatic carbocycles. The minimum Gasteiger partial charge on any atom is -0.383 e. The highest BCUT2D eigenvalue weighted by molar-refractivity contribution is 5.95. The summed E-state index contributed by atoms with van der Waals surface area (Å²) in [4.78, 5) is 14.2. The Bertz CT molecular complexity index is 437. The average molecular weight is 275 g/mol. The van der Waals surface area contributed by atoms with Crippen molar-refractivity contribution < 1.29 is 4.79 Å². The number of hydrogen-bond donors (Lipinski definition) is 2. The Labute approximate surface area is 121 Å². The predicted octanol–water partition coefficient (Wildman–Crippen LogP) is 2.33. The lowest BCUT2D eigenvalue weighted by molar-refractivity contribution is 0.0773. The minimum absolute atomic E-state index is 0.109. The summed E-state index contributed by atoms with van der Waals surface area (Å²) >= 11 is 0. The zero-order valence-electron chi connectivity index (χ0n) is 12.5. The molecular formula is C16H25N3O. The summed E-state index contributed by atoms with van der Waals surface area (Å²) in [6, 6.07) is 8.36. The number of amides is 1. The summed E-state index contributed by atoms with van der Waals surface area (Å²) in [6.07, 6.45) is 2.48. The van der Waals surface area contributed by atoms with Crippen LogP contribution in [-0.2, 0) is 0 Å². The molecule has 1 aromatic rings. The first-order valence-corrected chi connectivity index (χ1v) is 7.61. The number of nitrogens with zero attached hydrogens (tertiary/aromatic N) is 1. The second kappa shape index (κ2) is 7.29. The van der Waals surface area contributed by atoms with Crippen molar-refractivity contribution in [3.8, 4) is 0 Å². The molecule has 1 saturated heterocycles. The summed E-state index contributed by atoms with van der Waals surface area (Å²) < 4.78 is 0. The van der Waals surface area contributed by atoms with E-state index in [0.717, 1.165) is 37.4 Å². The number of carbonyl (C=O) groups is 1. The number of carbonyl (C=O) groups excluding carboxylic acids is 1. The van der Waals surface area contributed by atoms with Crippen molar-refractivity contribution in [2.75, 3.05) is 31.5 Å². The first-order chi connectivity index (χ1) is 9.74. The van der Waals surface area contributed by atoms with Gasteiger partial charge in [0.15, 0.2) is 0 Å². The molecule has 0 bridgehead atoms. The molecule has 1 amide bonds. The number of nitrogens with one attached hydrogen (secondary N) is 2. The molecule has 1 fully saturated rings. The van der Waals surface area contributed by atoms with Crippen molar-refractivity contribution in [3.05, 3.63) is 29.8 Å². The van der Waals surface area contributed by atoms with Crippen LogP contribution in [0.1, 0.15) is 37.0 Å². The highest BCUT2D eigenvalue weighted by Crippen LogP contribution is 2.14. The first kappa shape index (κ1) is 14.9. The Hall–Kier alpha value is -1.55. The second-order valence-corrected chi connectivity index (χ2v) is 5.23. The average Bonchev–Trinajstić information content (AvgIpc) is 3.00. The molecule has 1 atom stereocenters. The number of rotatable bonds is 6. The molecule has 2 rings (SSSR count). The Morgan fingerprint density at radius 1 is 1.40 bits per heavy atom. The van der Waals surface area contributed by atoms with Gasteiger partial charge in [-0.15, -0.1) is 0 Å². The lowest BCUT2D eigenvalue weighted by Crippen LogP contribution is -2.31. The van der Waals surface area contributed by atoms with Gasteiger partial charge in [-0.05, 0) is 51.4 Å². The Morgan fingerprint density at radius 2 is 2.20 bits per heavy atom. The van der Waals surface area contributed by atoms with Crippen LogP contribution in [-0.4, -0.2) is 43.0 Å². The summed E-state index contributed by atoms with van der Waals surface area (Å²) in [5.74, 6) is 0.109. The monoisotopic (exact) mass is 275 g/mol. The normalized spacial score (nSPS) is 18.0. The van der Waals surface area contributed by atoms with Crippen LogP contribution in [0.15, 0.2) is 24.3 Å². The fourth-order valence-corrected chi connectivity index (χ4v) is 2.63. The zero-order chi connectivity index (χ0) is 14.4. The van der Waals surface area contributed by atoms with E-state index < -0.39 is 0 Å². The lowest BCUT2D eigenvalue weighted by atomic mass is 10.1. The Balaban J connectivity index is 1.97. The second-order valence-electron chi connectivity index (χ2n) is 5.23. The fourth-order valence-electron chi connectivity index (χ4n) is 2.63. The molecule has 110 valence electrons. The third kappa shape index (κ3) is 3.73. The van der Waals surface area contributed by atoms with Gasteiger partial charge in [0.05, 0.1) is 0 Å². The molecule has 0 saturated carbocycles. The quantitative estimate of drug-likeness (QED) is 0.837. The molecule has 1 aliphatic heterocycles. The van der Waals surface area contributed by atoms with Gasteiger partial charge in [0.2, 0.25) is 0 Å². The smallest absolute Gasteiger partial charge is 0.253 e. The van der Waals surface area contributed by atoms with Gasteiger partial charge in [0.25, 0.3) is 5.91 Å². The van der Waals surface area contributed by atoms with Gasteiger partial charge in [-0.2, -0.15) is 0 Å². The molecule has 1 aromatic carbocycles. The summed E-state index contributed by atoms with van der Waals surface area (Å²) in [5.41, 5.74) is 1.79. The van der Waals surface area contributed by atoms with E-state index in [9.17, 15) is 4.79 Å². The molecule has 4 nitrogen and oxygen atoms in total. The standard InChI is InChI=1S/C16H25N3O/c1-3-19(4-2)16(20)13-7-5-8-14(11-13)18-12-15-9-6-10-17-15/h5,7-8,11,15,17-18H,3-4,6,9-10,12H2,1-2H3. The maximum atomic E-state index is 12.3. The van der Waals surface area contributed by atoms with Gasteiger partial charge >= 0.3 is 0 Å². The molecule has 2 N–H and O–H groups in total. The maximum Gasteiger partial charge on any atom is 0.253 e. The minimum atomic E-state index is 0.109. The molecule has 0 spiro atoms. The van der Waals surface area contributed by atoms with Crippen LogP contribution in [0.25, 0.3) is 0 Å². The highest BCUT2D eigenvalue weighted by Gasteiger charge is 2.15. The van der Waals surface area contributed by atoms with Crippen LogP contribution >= 0.6 is 0 Å². The Morgan fingerprint density at radius 3 is 2.85 bits per heavy atom. The number of anilines is 1. The van der Waals surface area contributed by atoms with Crippen molar-refractivity contribution in [1.29, 1.82) is 0 Å². The zero-order valence-corrected chi connectivity index (χ0v) is 12.5. The van der Waals surface area contributed by atoms with E-state index in [2.05, 4.69) is 10.6 Å². The third-order valence-corrected chi connectivity index (χ3v) is 3.88. The van der Waals surface area contributed by atoms with E-state index in [-0.39, 0.29) is 5.91 Å². The third-order valence-electron chi connectivity index (χ3n) is 3.88. The molecule has 1 heterocycles. The topological polar surface area (TPSA) is 44.4 Å². The molecule has 1 unspecified atom stereocenters. The molecule has 1 aliphatic rings. The maximum absolute atomic E-state index is 12.3. The van der Waals surface area contributed by atoms with Crippen molar-refractivity contribution in [2.24, 2.45) is 0 Å². The van der Waals surface area contributed by atoms with Crippen LogP contribution in [0.5, 0.6) is 0 Å². The SMILES string of the molecule is CCN(CC)C(=O)c1cccc(NCC2CCCN2)c1. The van der Waals surface area contributed by atoms with Gasteiger partial charge in [0, 0.05) is 36.9 Å². The predicted molar refractivity (Wildman–Crippen MR) is 83.2 cm³/mol. The van der Waals surface area contributed by atoms with Gasteiger partial charge in [-0.1, -0.05) is 6.07 Å². The van der Waals surface area contributed by atoms with Gasteiger partial charge in [-0.25, -0.2) is 0 Å². The Kier molecular flexibility index (Phi) is 5.41. The molecule has 0 aromatic heterocycles. The summed E-state index contributed by atoms with van der Waals surface area (Å²) in [7, 11) is 0. The largest absolute Gasteiger partial charge is 0.383 e. The van der Waals surface area contributed by atoms with E-state index in [1.54, 1.807) is 0 Å². The lowest BCUT2D eigenvalue weighted by Gasteiger charge is -2.19. The highest BCUT2D eigenvalue weighted by atomic mass is 16.2. The summed E-state index contributed by atoms with van der Waals surface area (Å²) in [5, 5.41) is 6.89. The summed E-state index contributed by atoms with van der Waals surface area (Å²) in [6.45, 7) is 7.55. The molecule has 0 radical (unpaired) electrons. The van der Waals surface area contributed by atoms with E-state index in [4.69, 9.17) is 0 Å². The van der Waals surface area contributed by atoms with Gasteiger partial charge < -0.3 is 15.5 Å². The molecule has 4 heteroatoms. The molecular weight excluding hydrogens is 250 g/mol. The van der Waals surface area contributed by atoms with Crippen molar-refractivity contribution >= 4 is 11.6 Å². The van der Waals surface area contributed by atoms with Crippen LogP contribution < -0.4 is 10.6 Å². The fraction of sp³-hybridized carbons (Fsp3) is 0.562. The van der Waals surface area contributed by atoms with E-state index in [1.165, 1.54) is 12.8 Å². The molecule has 20 heavy (non-hydrogen) atoms. The van der Waals surface area contributed by atoms with Gasteiger partial charge in [0.1, 0.15) is 0 Å². The van der Waals surface area contributed by atoms with Crippen molar-refractivity contribution in [3.63, 3.8) is 0 Å². The van der Waals surface area contributed by atoms with Crippen molar-refractivity contribution in [1.82, 2.24) is 10.2 Å². The number of hydrogen-bond acceptors (Lipinski definition) is 3. The van der Waals surface area contributed by atoms with Crippen molar-refractivity contribution in [2.45, 2.75) is 32.7 Å². The van der Waals surface area contributed by atoms with Gasteiger partial charge in [-0.3, -0.25) is 4.79 Å². The van der Waals surface area contributed by atoms with E-state index in [0.29, 0.717) is 6.04 Å². The van der Waals surface area contributed by atoms with Crippen LogP contribution in [0, 0.1) is 0 Å². The van der Waals surface area contributed by atoms with E-state index in [1.807, 2.05) is 43.0 Å². The van der Waals surface area contributed by atoms with Crippen LogP contribution in [0.2, 0.25) is 0 Å². The van der Waals surface area contributed by atoms with E-state index >= 15 is 0 Å². The first-order valence-electron chi connectivity index (χ1n) is 7.61. The van der Waals surface area contributed by atoms with Crippen LogP contribution in [0.3, 0.4) is 0 Å².